The molecule has 0 aromatic heterocycles. The van der Waals surface area contributed by atoms with Crippen molar-refractivity contribution in [1.82, 2.24) is 0 Å². The summed E-state index contributed by atoms with van der Waals surface area (Å²) in [7, 11) is 0. The number of carboxylic acid groups (broad SMARTS) is 2. The molecule has 5 heteroatoms. The second-order valence-corrected chi connectivity index (χ2v) is 0.283. The molecule has 0 aromatic carbocycles. The molecule has 0 aliphatic heterocycles. The molecule has 0 bridgehead atoms. The molecule has 2 N–H and O–H groups in total. The van der Waals surface area contributed by atoms with Crippen LogP contribution in [0.5, 0.6) is 0 Å². The van der Waals surface area contributed by atoms with E-state index in [1.165, 1.54) is 0 Å². The first-order valence-electron chi connectivity index (χ1n) is 0.651. The van der Waals surface area contributed by atoms with Crippen molar-refractivity contribution in [2.45, 2.75) is 0 Å². The van der Waals surface area contributed by atoms with Gasteiger partial charge in [0.1, 0.15) is 0 Å². The monoisotopic (exact) mass is 244 g/mol. The summed E-state index contributed by atoms with van der Waals surface area (Å²) in [5.41, 5.74) is 0. The van der Waals surface area contributed by atoms with E-state index in [2.05, 4.69) is 0 Å². The molecule has 0 spiro atoms. The molecule has 3 nitrogen and oxygen atoms in total. The standard InChI is InChI=1S/CH2O3.Ca.Ce.2H/c2-1(3)4;;;;/h(H2,2,3,4);;;;/q;+2;;2*-1. The Morgan fingerprint density at radius 3 is 1.50 bits per heavy atom. The Balaban J connectivity index is -0.00000000750. The Labute approximate surface area is 101 Å². The van der Waals surface area contributed by atoms with Gasteiger partial charge in [-0.3, -0.25) is 0 Å². The summed E-state index contributed by atoms with van der Waals surface area (Å²) in [4.78, 5) is 8.56. The second kappa shape index (κ2) is 10.0. The molecule has 0 aliphatic carbocycles. The third-order valence-corrected chi connectivity index (χ3v) is 0. The molecular weight excluding hydrogens is 240 g/mol. The molecule has 32 valence electrons. The van der Waals surface area contributed by atoms with Gasteiger partial charge in [-0.05, 0) is 0 Å². The minimum atomic E-state index is -1.83. The molecule has 0 saturated heterocycles. The Bertz CT molecular complexity index is 40.3. The Hall–Kier alpha value is 1.91. The van der Waals surface area contributed by atoms with E-state index in [4.69, 9.17) is 15.0 Å². The van der Waals surface area contributed by atoms with E-state index in [0.717, 1.165) is 0 Å². The second-order valence-electron chi connectivity index (χ2n) is 0.283. The molecule has 0 unspecified atom stereocenters. The maximum absolute atomic E-state index is 8.56. The van der Waals surface area contributed by atoms with Gasteiger partial charge >= 0.3 is 43.9 Å². The zero-order chi connectivity index (χ0) is 3.58. The number of carbonyl (C=O) groups is 1. The van der Waals surface area contributed by atoms with E-state index < -0.39 is 6.16 Å². The topological polar surface area (TPSA) is 57.5 Å². The van der Waals surface area contributed by atoms with Gasteiger partial charge in [-0.25, -0.2) is 4.79 Å². The van der Waals surface area contributed by atoms with Crippen molar-refractivity contribution in [3.05, 3.63) is 0 Å². The summed E-state index contributed by atoms with van der Waals surface area (Å²) in [5.74, 6) is 0. The fourth-order valence-electron chi connectivity index (χ4n) is 0. The van der Waals surface area contributed by atoms with Crippen molar-refractivity contribution in [2.75, 3.05) is 0 Å². The number of rotatable bonds is 0. The van der Waals surface area contributed by atoms with Crippen molar-refractivity contribution >= 4 is 43.9 Å². The fraction of sp³-hybridized carbons (Fsp3) is 0. The van der Waals surface area contributed by atoms with E-state index in [1.807, 2.05) is 0 Å². The molecule has 0 heterocycles. The maximum atomic E-state index is 8.56. The van der Waals surface area contributed by atoms with Crippen LogP contribution in [0.25, 0.3) is 0 Å². The smallest absolute Gasteiger partial charge is 1.00 e. The van der Waals surface area contributed by atoms with E-state index >= 15 is 0 Å². The van der Waals surface area contributed by atoms with Gasteiger partial charge in [0, 0.05) is 41.7 Å². The number of hydrogen-bond acceptors (Lipinski definition) is 1. The largest absolute Gasteiger partial charge is 2.00 e. The molecule has 0 atom stereocenters. The van der Waals surface area contributed by atoms with E-state index in [0.29, 0.717) is 0 Å². The van der Waals surface area contributed by atoms with Gasteiger partial charge in [-0.2, -0.15) is 0 Å². The molecule has 0 fully saturated rings. The minimum absolute atomic E-state index is 0. The maximum Gasteiger partial charge on any atom is 2.00 e. The Kier molecular flexibility index (Phi) is 26.1. The van der Waals surface area contributed by atoms with Gasteiger partial charge in [-0.15, -0.1) is 0 Å². The van der Waals surface area contributed by atoms with Crippen LogP contribution in [0.2, 0.25) is 0 Å². The first kappa shape index (κ1) is 15.7. The van der Waals surface area contributed by atoms with Crippen molar-refractivity contribution < 1.29 is 59.6 Å². The SMILES string of the molecule is O=C(O)O.[Ca+2].[Ce].[H-].[H-]. The first-order valence-corrected chi connectivity index (χ1v) is 0.651. The fourth-order valence-corrected chi connectivity index (χ4v) is 0. The first-order chi connectivity index (χ1) is 1.73. The van der Waals surface area contributed by atoms with Gasteiger partial charge in [-0.1, -0.05) is 0 Å². The van der Waals surface area contributed by atoms with Crippen LogP contribution >= 0.6 is 0 Å². The van der Waals surface area contributed by atoms with Crippen LogP contribution in [0.1, 0.15) is 2.85 Å². The third-order valence-electron chi connectivity index (χ3n) is 0. The molecular formula is CH4CaCeO3. The minimum Gasteiger partial charge on any atom is -1.00 e. The zero-order valence-corrected chi connectivity index (χ0v) is 8.36. The summed E-state index contributed by atoms with van der Waals surface area (Å²) >= 11 is 0. The van der Waals surface area contributed by atoms with Crippen LogP contribution < -0.4 is 0 Å². The molecule has 0 aromatic rings. The predicted molar refractivity (Wildman–Crippen MR) is 18.6 cm³/mol. The molecule has 6 heavy (non-hydrogen) atoms. The molecule has 0 rings (SSSR count). The van der Waals surface area contributed by atoms with Crippen LogP contribution in [0.4, 0.5) is 4.79 Å². The molecule has 0 amide bonds. The van der Waals surface area contributed by atoms with Crippen molar-refractivity contribution in [2.24, 2.45) is 0 Å². The average molecular weight is 244 g/mol. The van der Waals surface area contributed by atoms with Crippen LogP contribution in [-0.4, -0.2) is 54.1 Å². The Morgan fingerprint density at radius 2 is 1.50 bits per heavy atom. The van der Waals surface area contributed by atoms with Crippen LogP contribution in [0.15, 0.2) is 0 Å². The van der Waals surface area contributed by atoms with Gasteiger partial charge in [0.2, 0.25) is 0 Å². The normalized spacial score (nSPS) is 4.00. The number of hydrogen-bond donors (Lipinski definition) is 2. The molecule has 0 aliphatic rings. The predicted octanol–water partition coefficient (Wildman–Crippen LogP) is 0.0666. The van der Waals surface area contributed by atoms with Crippen molar-refractivity contribution in [1.29, 1.82) is 0 Å². The average Bonchev–Trinajstić information content (AvgIpc) is 0.811. The van der Waals surface area contributed by atoms with Gasteiger partial charge in [0.05, 0.1) is 0 Å². The van der Waals surface area contributed by atoms with Crippen molar-refractivity contribution in [3.63, 3.8) is 0 Å². The zero-order valence-electron chi connectivity index (χ0n) is 5.01. The van der Waals surface area contributed by atoms with Crippen LogP contribution in [-0.2, 0) is 0 Å². The van der Waals surface area contributed by atoms with Gasteiger partial charge in [0.15, 0.2) is 0 Å². The van der Waals surface area contributed by atoms with Crippen LogP contribution in [0, 0.1) is 41.7 Å². The quantitative estimate of drug-likeness (QED) is 0.593. The van der Waals surface area contributed by atoms with E-state index in [-0.39, 0.29) is 82.3 Å². The Morgan fingerprint density at radius 1 is 1.50 bits per heavy atom. The van der Waals surface area contributed by atoms with Gasteiger partial charge in [0.25, 0.3) is 0 Å². The van der Waals surface area contributed by atoms with Crippen LogP contribution in [0.3, 0.4) is 0 Å². The van der Waals surface area contributed by atoms with Crippen molar-refractivity contribution in [3.8, 4) is 0 Å². The summed E-state index contributed by atoms with van der Waals surface area (Å²) in [6, 6.07) is 0. The summed E-state index contributed by atoms with van der Waals surface area (Å²) in [6.07, 6.45) is -1.83. The molecule has 0 radical (unpaired) electrons. The van der Waals surface area contributed by atoms with E-state index in [9.17, 15) is 0 Å². The summed E-state index contributed by atoms with van der Waals surface area (Å²) < 4.78 is 0. The van der Waals surface area contributed by atoms with E-state index in [1.54, 1.807) is 0 Å². The molecule has 0 saturated carbocycles. The summed E-state index contributed by atoms with van der Waals surface area (Å²) in [5, 5.41) is 13.9. The van der Waals surface area contributed by atoms with Gasteiger partial charge < -0.3 is 13.1 Å². The third kappa shape index (κ3) is 39.1. The summed E-state index contributed by atoms with van der Waals surface area (Å²) in [6.45, 7) is 0.